The lowest BCUT2D eigenvalue weighted by atomic mass is 10.1. The molecule has 2 fully saturated rings. The summed E-state index contributed by atoms with van der Waals surface area (Å²) in [4.78, 5) is 9.45. The smallest absolute Gasteiger partial charge is 0.191 e. The number of rotatable bonds is 7. The van der Waals surface area contributed by atoms with Crippen LogP contribution >= 0.6 is 24.0 Å². The van der Waals surface area contributed by atoms with Gasteiger partial charge in [-0.05, 0) is 44.9 Å². The number of furan rings is 1. The second-order valence-electron chi connectivity index (χ2n) is 7.83. The SMILES string of the molecule is CCCN1CCC(NC(=NC)NCC(c2ccc(C)o2)N2CCOCC2)CC1.I. The van der Waals surface area contributed by atoms with Gasteiger partial charge in [0.15, 0.2) is 5.96 Å². The zero-order valence-corrected chi connectivity index (χ0v) is 20.5. The number of nitrogens with one attached hydrogen (secondary N) is 2. The summed E-state index contributed by atoms with van der Waals surface area (Å²) in [6, 6.07) is 4.81. The number of morpholine rings is 1. The first-order valence-corrected chi connectivity index (χ1v) is 10.8. The second kappa shape index (κ2) is 12.8. The monoisotopic (exact) mass is 519 g/mol. The van der Waals surface area contributed by atoms with Gasteiger partial charge in [-0.3, -0.25) is 9.89 Å². The van der Waals surface area contributed by atoms with Crippen molar-refractivity contribution < 1.29 is 9.15 Å². The van der Waals surface area contributed by atoms with E-state index in [1.165, 1.54) is 38.9 Å². The molecule has 2 aliphatic rings. The summed E-state index contributed by atoms with van der Waals surface area (Å²) in [5.41, 5.74) is 0. The number of halogens is 1. The minimum Gasteiger partial charge on any atom is -0.465 e. The van der Waals surface area contributed by atoms with Crippen molar-refractivity contribution in [3.8, 4) is 0 Å². The summed E-state index contributed by atoms with van der Waals surface area (Å²) < 4.78 is 11.5. The number of likely N-dealkylation sites (tertiary alicyclic amines) is 1. The Morgan fingerprint density at radius 2 is 1.93 bits per heavy atom. The lowest BCUT2D eigenvalue weighted by Gasteiger charge is -2.35. The molecule has 1 atom stereocenters. The van der Waals surface area contributed by atoms with E-state index < -0.39 is 0 Å². The maximum Gasteiger partial charge on any atom is 0.191 e. The van der Waals surface area contributed by atoms with Gasteiger partial charge < -0.3 is 24.7 Å². The van der Waals surface area contributed by atoms with Crippen LogP contribution in [-0.4, -0.2) is 81.3 Å². The minimum absolute atomic E-state index is 0. The van der Waals surface area contributed by atoms with Gasteiger partial charge in [-0.2, -0.15) is 0 Å². The summed E-state index contributed by atoms with van der Waals surface area (Å²) in [6.45, 7) is 12.0. The van der Waals surface area contributed by atoms with Crippen molar-refractivity contribution in [1.29, 1.82) is 0 Å². The first-order valence-electron chi connectivity index (χ1n) is 10.8. The number of aryl methyl sites for hydroxylation is 1. The molecule has 3 heterocycles. The molecule has 29 heavy (non-hydrogen) atoms. The fraction of sp³-hybridized carbons (Fsp3) is 0.762. The molecular formula is C21H38IN5O2. The Labute approximate surface area is 192 Å². The molecule has 2 saturated heterocycles. The maximum atomic E-state index is 5.96. The van der Waals surface area contributed by atoms with Crippen LogP contribution in [0, 0.1) is 6.92 Å². The van der Waals surface area contributed by atoms with E-state index in [4.69, 9.17) is 9.15 Å². The molecule has 8 heteroatoms. The van der Waals surface area contributed by atoms with Gasteiger partial charge in [0.2, 0.25) is 0 Å². The van der Waals surface area contributed by atoms with Crippen LogP contribution in [0.5, 0.6) is 0 Å². The zero-order chi connectivity index (χ0) is 19.8. The van der Waals surface area contributed by atoms with Gasteiger partial charge in [-0.25, -0.2) is 0 Å². The van der Waals surface area contributed by atoms with E-state index in [0.29, 0.717) is 6.04 Å². The zero-order valence-electron chi connectivity index (χ0n) is 18.2. The average Bonchev–Trinajstić information content (AvgIpc) is 3.15. The van der Waals surface area contributed by atoms with Crippen molar-refractivity contribution in [3.63, 3.8) is 0 Å². The van der Waals surface area contributed by atoms with Crippen LogP contribution in [0.15, 0.2) is 21.5 Å². The predicted molar refractivity (Wildman–Crippen MR) is 128 cm³/mol. The molecule has 0 bridgehead atoms. The van der Waals surface area contributed by atoms with Crippen molar-refractivity contribution in [2.45, 2.75) is 45.2 Å². The van der Waals surface area contributed by atoms with Gasteiger partial charge in [0.25, 0.3) is 0 Å². The lowest BCUT2D eigenvalue weighted by Crippen LogP contribution is -2.50. The van der Waals surface area contributed by atoms with Crippen molar-refractivity contribution in [3.05, 3.63) is 23.7 Å². The van der Waals surface area contributed by atoms with Crippen LogP contribution < -0.4 is 10.6 Å². The summed E-state index contributed by atoms with van der Waals surface area (Å²) in [5, 5.41) is 7.16. The molecule has 0 saturated carbocycles. The lowest BCUT2D eigenvalue weighted by molar-refractivity contribution is 0.0124. The molecule has 7 nitrogen and oxygen atoms in total. The van der Waals surface area contributed by atoms with E-state index in [0.717, 1.165) is 50.3 Å². The van der Waals surface area contributed by atoms with Crippen LogP contribution in [0.3, 0.4) is 0 Å². The molecular weight excluding hydrogens is 481 g/mol. The number of aliphatic imine (C=N–C) groups is 1. The van der Waals surface area contributed by atoms with Gasteiger partial charge in [-0.15, -0.1) is 24.0 Å². The quantitative estimate of drug-likeness (QED) is 0.328. The van der Waals surface area contributed by atoms with Gasteiger partial charge in [0.05, 0.1) is 19.3 Å². The Morgan fingerprint density at radius 1 is 1.21 bits per heavy atom. The largest absolute Gasteiger partial charge is 0.465 e. The minimum atomic E-state index is 0. The van der Waals surface area contributed by atoms with E-state index in [-0.39, 0.29) is 30.0 Å². The van der Waals surface area contributed by atoms with Crippen LogP contribution in [0.1, 0.15) is 43.7 Å². The Hall–Kier alpha value is -0.840. The maximum absolute atomic E-state index is 5.96. The van der Waals surface area contributed by atoms with Crippen LogP contribution in [0.25, 0.3) is 0 Å². The third-order valence-electron chi connectivity index (χ3n) is 5.73. The van der Waals surface area contributed by atoms with Crippen molar-refractivity contribution in [2.75, 3.05) is 59.5 Å². The van der Waals surface area contributed by atoms with E-state index in [9.17, 15) is 0 Å². The van der Waals surface area contributed by atoms with Crippen molar-refractivity contribution >= 4 is 29.9 Å². The van der Waals surface area contributed by atoms with E-state index >= 15 is 0 Å². The predicted octanol–water partition coefficient (Wildman–Crippen LogP) is 2.62. The van der Waals surface area contributed by atoms with Crippen LogP contribution in [0.2, 0.25) is 0 Å². The van der Waals surface area contributed by atoms with Crippen LogP contribution in [-0.2, 0) is 4.74 Å². The molecule has 0 spiro atoms. The van der Waals surface area contributed by atoms with Gasteiger partial charge in [0, 0.05) is 45.8 Å². The standard InChI is InChI=1S/C21H37N5O2.HI/c1-4-9-25-10-7-18(8-11-25)24-21(22-3)23-16-19(20-6-5-17(2)28-20)26-12-14-27-15-13-26;/h5-6,18-19H,4,7-16H2,1-3H3,(H2,22,23,24);1H. The third-order valence-corrected chi connectivity index (χ3v) is 5.73. The Kier molecular flexibility index (Phi) is 10.8. The topological polar surface area (TPSA) is 65.3 Å². The van der Waals surface area contributed by atoms with E-state index in [1.807, 2.05) is 20.0 Å². The molecule has 3 rings (SSSR count). The first-order chi connectivity index (χ1) is 13.7. The van der Waals surface area contributed by atoms with Crippen molar-refractivity contribution in [2.24, 2.45) is 4.99 Å². The number of nitrogens with zero attached hydrogens (tertiary/aromatic N) is 3. The first kappa shape index (κ1) is 24.4. The summed E-state index contributed by atoms with van der Waals surface area (Å²) >= 11 is 0. The normalized spacial score (nSPS) is 20.9. The molecule has 1 aromatic rings. The fourth-order valence-corrected chi connectivity index (χ4v) is 4.13. The fourth-order valence-electron chi connectivity index (χ4n) is 4.13. The Morgan fingerprint density at radius 3 is 2.52 bits per heavy atom. The average molecular weight is 519 g/mol. The highest BCUT2D eigenvalue weighted by Crippen LogP contribution is 2.23. The third kappa shape index (κ3) is 7.41. The van der Waals surface area contributed by atoms with Crippen LogP contribution in [0.4, 0.5) is 0 Å². The van der Waals surface area contributed by atoms with Gasteiger partial charge in [-0.1, -0.05) is 6.92 Å². The van der Waals surface area contributed by atoms with E-state index in [1.54, 1.807) is 0 Å². The summed E-state index contributed by atoms with van der Waals surface area (Å²) in [7, 11) is 1.85. The van der Waals surface area contributed by atoms with Gasteiger partial charge in [0.1, 0.15) is 11.5 Å². The van der Waals surface area contributed by atoms with E-state index in [2.05, 4.69) is 38.4 Å². The number of hydrogen-bond acceptors (Lipinski definition) is 5. The molecule has 0 radical (unpaired) electrons. The molecule has 1 aromatic heterocycles. The highest BCUT2D eigenvalue weighted by molar-refractivity contribution is 14.0. The molecule has 0 aliphatic carbocycles. The molecule has 2 N–H and O–H groups in total. The molecule has 2 aliphatic heterocycles. The highest BCUT2D eigenvalue weighted by Gasteiger charge is 2.26. The molecule has 0 amide bonds. The summed E-state index contributed by atoms with van der Waals surface area (Å²) in [6.07, 6.45) is 3.58. The second-order valence-corrected chi connectivity index (χ2v) is 7.83. The molecule has 166 valence electrons. The number of piperidine rings is 1. The Bertz CT molecular complexity index is 610. The highest BCUT2D eigenvalue weighted by atomic mass is 127. The summed E-state index contributed by atoms with van der Waals surface area (Å²) in [5.74, 6) is 2.85. The Balaban J connectivity index is 0.00000300. The molecule has 1 unspecified atom stereocenters. The number of ether oxygens (including phenoxy) is 1. The van der Waals surface area contributed by atoms with Gasteiger partial charge >= 0.3 is 0 Å². The van der Waals surface area contributed by atoms with Crippen molar-refractivity contribution in [1.82, 2.24) is 20.4 Å². The number of hydrogen-bond donors (Lipinski definition) is 2. The number of guanidine groups is 1. The molecule has 0 aromatic carbocycles.